The van der Waals surface area contributed by atoms with Gasteiger partial charge < -0.3 is 4.74 Å². The lowest BCUT2D eigenvalue weighted by Gasteiger charge is -2.32. The third-order valence-corrected chi connectivity index (χ3v) is 4.06. The molecule has 0 aliphatic heterocycles. The Balaban J connectivity index is 2.53. The highest BCUT2D eigenvalue weighted by Gasteiger charge is 2.32. The zero-order valence-corrected chi connectivity index (χ0v) is 11.2. The zero-order valence-electron chi connectivity index (χ0n) is 11.2. The third kappa shape index (κ3) is 3.31. The summed E-state index contributed by atoms with van der Waals surface area (Å²) in [7, 11) is 0. The van der Waals surface area contributed by atoms with E-state index in [1.807, 2.05) is 13.8 Å². The van der Waals surface area contributed by atoms with E-state index in [-0.39, 0.29) is 12.0 Å². The van der Waals surface area contributed by atoms with Crippen LogP contribution in [0.3, 0.4) is 0 Å². The fourth-order valence-corrected chi connectivity index (χ4v) is 2.67. The molecule has 0 saturated heterocycles. The number of ether oxygens (including phenoxy) is 1. The summed E-state index contributed by atoms with van der Waals surface area (Å²) in [6.45, 7) is 9.20. The Morgan fingerprint density at radius 3 is 2.44 bits per heavy atom. The molecular formula is C14H26O2. The molecule has 0 aromatic carbocycles. The molecule has 1 rings (SSSR count). The quantitative estimate of drug-likeness (QED) is 0.717. The first-order chi connectivity index (χ1) is 7.60. The SMILES string of the molecule is CCOC(CC)C(=O)C1CCC(C)C(C)C1. The Bertz CT molecular complexity index is 225. The summed E-state index contributed by atoms with van der Waals surface area (Å²) in [6, 6.07) is 0. The van der Waals surface area contributed by atoms with Gasteiger partial charge in [0.25, 0.3) is 0 Å². The maximum atomic E-state index is 12.2. The van der Waals surface area contributed by atoms with Gasteiger partial charge in [0, 0.05) is 12.5 Å². The molecular weight excluding hydrogens is 200 g/mol. The average molecular weight is 226 g/mol. The Morgan fingerprint density at radius 2 is 1.94 bits per heavy atom. The van der Waals surface area contributed by atoms with E-state index >= 15 is 0 Å². The zero-order chi connectivity index (χ0) is 12.1. The molecule has 4 atom stereocenters. The second-order valence-electron chi connectivity index (χ2n) is 5.22. The summed E-state index contributed by atoms with van der Waals surface area (Å²) in [5.74, 6) is 2.06. The summed E-state index contributed by atoms with van der Waals surface area (Å²) in [6.07, 6.45) is 3.97. The molecule has 0 heterocycles. The van der Waals surface area contributed by atoms with E-state index in [1.54, 1.807) is 0 Å². The van der Waals surface area contributed by atoms with Crippen molar-refractivity contribution in [3.05, 3.63) is 0 Å². The maximum Gasteiger partial charge on any atom is 0.164 e. The molecule has 16 heavy (non-hydrogen) atoms. The van der Waals surface area contributed by atoms with Crippen LogP contribution < -0.4 is 0 Å². The highest BCUT2D eigenvalue weighted by atomic mass is 16.5. The lowest BCUT2D eigenvalue weighted by molar-refractivity contribution is -0.136. The van der Waals surface area contributed by atoms with Crippen molar-refractivity contribution in [1.29, 1.82) is 0 Å². The fourth-order valence-electron chi connectivity index (χ4n) is 2.67. The molecule has 4 unspecified atom stereocenters. The molecule has 1 aliphatic carbocycles. The number of carbonyl (C=O) groups excluding carboxylic acids is 1. The van der Waals surface area contributed by atoms with Gasteiger partial charge in [-0.15, -0.1) is 0 Å². The summed E-state index contributed by atoms with van der Waals surface area (Å²) >= 11 is 0. The van der Waals surface area contributed by atoms with E-state index in [2.05, 4.69) is 13.8 Å². The number of hydrogen-bond donors (Lipinski definition) is 0. The molecule has 2 nitrogen and oxygen atoms in total. The van der Waals surface area contributed by atoms with Crippen LogP contribution >= 0.6 is 0 Å². The number of rotatable bonds is 5. The molecule has 0 amide bonds. The van der Waals surface area contributed by atoms with Crippen LogP contribution in [0, 0.1) is 17.8 Å². The normalized spacial score (nSPS) is 32.4. The van der Waals surface area contributed by atoms with Crippen LogP contribution in [0.4, 0.5) is 0 Å². The molecule has 1 aliphatic rings. The second-order valence-corrected chi connectivity index (χ2v) is 5.22. The molecule has 0 aromatic rings. The number of hydrogen-bond acceptors (Lipinski definition) is 2. The van der Waals surface area contributed by atoms with Crippen molar-refractivity contribution in [1.82, 2.24) is 0 Å². The molecule has 2 heteroatoms. The third-order valence-electron chi connectivity index (χ3n) is 4.06. The van der Waals surface area contributed by atoms with Crippen LogP contribution in [0.2, 0.25) is 0 Å². The Hall–Kier alpha value is -0.370. The molecule has 1 saturated carbocycles. The molecule has 94 valence electrons. The first-order valence-electron chi connectivity index (χ1n) is 6.75. The molecule has 0 aromatic heterocycles. The van der Waals surface area contributed by atoms with Gasteiger partial charge in [-0.05, 0) is 44.4 Å². The first kappa shape index (κ1) is 13.7. The summed E-state index contributed by atoms with van der Waals surface area (Å²) in [5.41, 5.74) is 0. The molecule has 1 fully saturated rings. The van der Waals surface area contributed by atoms with E-state index in [0.29, 0.717) is 18.3 Å². The van der Waals surface area contributed by atoms with Gasteiger partial charge in [-0.3, -0.25) is 4.79 Å². The smallest absolute Gasteiger partial charge is 0.164 e. The van der Waals surface area contributed by atoms with Crippen molar-refractivity contribution in [2.45, 2.75) is 59.5 Å². The van der Waals surface area contributed by atoms with Crippen LogP contribution in [-0.2, 0) is 9.53 Å². The number of carbonyl (C=O) groups is 1. The largest absolute Gasteiger partial charge is 0.371 e. The number of ketones is 1. The Morgan fingerprint density at radius 1 is 1.25 bits per heavy atom. The topological polar surface area (TPSA) is 26.3 Å². The van der Waals surface area contributed by atoms with Gasteiger partial charge >= 0.3 is 0 Å². The van der Waals surface area contributed by atoms with Gasteiger partial charge in [-0.25, -0.2) is 0 Å². The molecule has 0 bridgehead atoms. The summed E-state index contributed by atoms with van der Waals surface area (Å²) in [4.78, 5) is 12.2. The van der Waals surface area contributed by atoms with Gasteiger partial charge in [-0.2, -0.15) is 0 Å². The van der Waals surface area contributed by atoms with Crippen LogP contribution in [0.5, 0.6) is 0 Å². The van der Waals surface area contributed by atoms with E-state index in [9.17, 15) is 4.79 Å². The lowest BCUT2D eigenvalue weighted by Crippen LogP contribution is -2.34. The van der Waals surface area contributed by atoms with Crippen molar-refractivity contribution >= 4 is 5.78 Å². The molecule has 0 radical (unpaired) electrons. The van der Waals surface area contributed by atoms with Gasteiger partial charge in [0.05, 0.1) is 0 Å². The van der Waals surface area contributed by atoms with Crippen molar-refractivity contribution < 1.29 is 9.53 Å². The Labute approximate surface area is 99.8 Å². The van der Waals surface area contributed by atoms with Crippen LogP contribution in [0.1, 0.15) is 53.4 Å². The lowest BCUT2D eigenvalue weighted by atomic mass is 9.73. The summed E-state index contributed by atoms with van der Waals surface area (Å²) in [5, 5.41) is 0. The standard InChI is InChI=1S/C14H26O2/c1-5-13(16-6-2)14(15)12-8-7-10(3)11(4)9-12/h10-13H,5-9H2,1-4H3. The van der Waals surface area contributed by atoms with Gasteiger partial charge in [0.1, 0.15) is 6.10 Å². The van der Waals surface area contributed by atoms with Crippen LogP contribution in [-0.4, -0.2) is 18.5 Å². The highest BCUT2D eigenvalue weighted by molar-refractivity contribution is 5.85. The van der Waals surface area contributed by atoms with Crippen molar-refractivity contribution in [2.75, 3.05) is 6.61 Å². The second kappa shape index (κ2) is 6.39. The van der Waals surface area contributed by atoms with E-state index in [4.69, 9.17) is 4.74 Å². The maximum absolute atomic E-state index is 12.2. The van der Waals surface area contributed by atoms with Crippen LogP contribution in [0.25, 0.3) is 0 Å². The Kier molecular flexibility index (Phi) is 5.47. The van der Waals surface area contributed by atoms with Gasteiger partial charge in [0.15, 0.2) is 5.78 Å². The van der Waals surface area contributed by atoms with E-state index < -0.39 is 0 Å². The molecule has 0 spiro atoms. The summed E-state index contributed by atoms with van der Waals surface area (Å²) < 4.78 is 5.52. The predicted octanol–water partition coefficient (Wildman–Crippen LogP) is 3.44. The molecule has 0 N–H and O–H groups in total. The van der Waals surface area contributed by atoms with E-state index in [1.165, 1.54) is 6.42 Å². The van der Waals surface area contributed by atoms with E-state index in [0.717, 1.165) is 25.2 Å². The van der Waals surface area contributed by atoms with Gasteiger partial charge in [0.2, 0.25) is 0 Å². The fraction of sp³-hybridized carbons (Fsp3) is 0.929. The predicted molar refractivity (Wildman–Crippen MR) is 66.4 cm³/mol. The minimum absolute atomic E-state index is 0.157. The first-order valence-corrected chi connectivity index (χ1v) is 6.75. The number of Topliss-reactive ketones (excluding diaryl/α,β-unsaturated/α-hetero) is 1. The van der Waals surface area contributed by atoms with Gasteiger partial charge in [-0.1, -0.05) is 20.8 Å². The minimum atomic E-state index is -0.157. The van der Waals surface area contributed by atoms with Crippen molar-refractivity contribution in [3.8, 4) is 0 Å². The monoisotopic (exact) mass is 226 g/mol. The van der Waals surface area contributed by atoms with Crippen molar-refractivity contribution in [3.63, 3.8) is 0 Å². The highest BCUT2D eigenvalue weighted by Crippen LogP contribution is 2.34. The van der Waals surface area contributed by atoms with Crippen molar-refractivity contribution in [2.24, 2.45) is 17.8 Å². The minimum Gasteiger partial charge on any atom is -0.371 e. The average Bonchev–Trinajstić information content (AvgIpc) is 2.28. The van der Waals surface area contributed by atoms with Crippen LogP contribution in [0.15, 0.2) is 0 Å².